The largest absolute Gasteiger partial charge is 0.339 e. The lowest BCUT2D eigenvalue weighted by Gasteiger charge is -2.13. The van der Waals surface area contributed by atoms with Crippen LogP contribution in [0.3, 0.4) is 0 Å². The minimum Gasteiger partial charge on any atom is -0.339 e. The first-order chi connectivity index (χ1) is 13.5. The molecular weight excluding hydrogens is 374 g/mol. The summed E-state index contributed by atoms with van der Waals surface area (Å²) < 4.78 is 29.6. The Hall–Kier alpha value is -3.70. The van der Waals surface area contributed by atoms with Crippen LogP contribution in [0.15, 0.2) is 72.4 Å². The maximum atomic E-state index is 12.7. The molecule has 0 saturated carbocycles. The second-order valence-corrected chi connectivity index (χ2v) is 7.85. The van der Waals surface area contributed by atoms with Gasteiger partial charge in [-0.1, -0.05) is 30.3 Å². The van der Waals surface area contributed by atoms with Gasteiger partial charge in [0.05, 0.1) is 23.6 Å². The Morgan fingerprint density at radius 3 is 2.57 bits per heavy atom. The lowest BCUT2D eigenvalue weighted by atomic mass is 9.95. The third kappa shape index (κ3) is 3.08. The molecule has 0 atom stereocenters. The van der Waals surface area contributed by atoms with E-state index in [1.807, 2.05) is 24.3 Å². The number of hydrogen-bond acceptors (Lipinski definition) is 5. The zero-order chi connectivity index (χ0) is 19.7. The first-order valence-electron chi connectivity index (χ1n) is 8.36. The molecule has 28 heavy (non-hydrogen) atoms. The second kappa shape index (κ2) is 6.79. The summed E-state index contributed by atoms with van der Waals surface area (Å²) in [4.78, 5) is 8.08. The van der Waals surface area contributed by atoms with Crippen molar-refractivity contribution in [1.82, 2.24) is 14.5 Å². The Bertz CT molecular complexity index is 1340. The molecule has 4 aromatic rings. The Labute approximate surface area is 162 Å². The average molecular weight is 389 g/mol. The van der Waals surface area contributed by atoms with Crippen molar-refractivity contribution in [2.45, 2.75) is 5.03 Å². The summed E-state index contributed by atoms with van der Waals surface area (Å²) in [6.07, 6.45) is 5.98. The zero-order valence-electron chi connectivity index (χ0n) is 14.9. The van der Waals surface area contributed by atoms with Crippen LogP contribution in [0.5, 0.6) is 0 Å². The van der Waals surface area contributed by atoms with Gasteiger partial charge in [0.1, 0.15) is 0 Å². The first kappa shape index (κ1) is 17.7. The number of nitrogens with one attached hydrogen (secondary N) is 1. The molecular formula is C20H15N5O2S. The third-order valence-electron chi connectivity index (χ3n) is 4.36. The number of sulfonamides is 1. The summed E-state index contributed by atoms with van der Waals surface area (Å²) >= 11 is 0. The number of pyridine rings is 1. The highest BCUT2D eigenvalue weighted by Gasteiger charge is 2.20. The van der Waals surface area contributed by atoms with E-state index in [1.54, 1.807) is 36.0 Å². The van der Waals surface area contributed by atoms with Crippen LogP contribution in [0.25, 0.3) is 21.9 Å². The number of anilines is 1. The van der Waals surface area contributed by atoms with E-state index < -0.39 is 10.0 Å². The van der Waals surface area contributed by atoms with Crippen LogP contribution in [-0.4, -0.2) is 23.0 Å². The highest BCUT2D eigenvalue weighted by Crippen LogP contribution is 2.35. The van der Waals surface area contributed by atoms with Gasteiger partial charge >= 0.3 is 0 Å². The van der Waals surface area contributed by atoms with E-state index >= 15 is 0 Å². The molecule has 2 aromatic heterocycles. The number of rotatable bonds is 4. The van der Waals surface area contributed by atoms with Gasteiger partial charge in [0.2, 0.25) is 0 Å². The van der Waals surface area contributed by atoms with Crippen molar-refractivity contribution in [3.05, 3.63) is 72.9 Å². The number of nitrogens with zero attached hydrogens (tertiary/aromatic N) is 4. The third-order valence-corrected chi connectivity index (χ3v) is 5.61. The molecule has 0 aliphatic carbocycles. The van der Waals surface area contributed by atoms with E-state index in [2.05, 4.69) is 20.8 Å². The van der Waals surface area contributed by atoms with E-state index in [0.29, 0.717) is 16.8 Å². The molecule has 2 heterocycles. The second-order valence-electron chi connectivity index (χ2n) is 6.22. The summed E-state index contributed by atoms with van der Waals surface area (Å²) in [5, 5.41) is 10.9. The Balaban J connectivity index is 1.86. The molecule has 0 saturated heterocycles. The van der Waals surface area contributed by atoms with Crippen LogP contribution in [0.2, 0.25) is 0 Å². The van der Waals surface area contributed by atoms with Crippen LogP contribution in [-0.2, 0) is 17.1 Å². The first-order valence-corrected chi connectivity index (χ1v) is 9.85. The molecule has 0 amide bonds. The highest BCUT2D eigenvalue weighted by molar-refractivity contribution is 7.92. The molecule has 0 radical (unpaired) electrons. The van der Waals surface area contributed by atoms with E-state index in [-0.39, 0.29) is 5.03 Å². The van der Waals surface area contributed by atoms with Crippen LogP contribution < -0.4 is 4.72 Å². The van der Waals surface area contributed by atoms with Gasteiger partial charge in [-0.2, -0.15) is 13.7 Å². The van der Waals surface area contributed by atoms with Crippen molar-refractivity contribution in [2.75, 3.05) is 4.72 Å². The van der Waals surface area contributed by atoms with Gasteiger partial charge in [-0.3, -0.25) is 9.71 Å². The SMILES string of the molecule is Cn1cnc(S(=O)(=O)Nc2ccncc2-c2ccc(C#N)c3ccccc23)c1. The monoisotopic (exact) mass is 389 g/mol. The number of imidazole rings is 1. The fourth-order valence-corrected chi connectivity index (χ4v) is 4.12. The van der Waals surface area contributed by atoms with Crippen LogP contribution in [0.4, 0.5) is 5.69 Å². The van der Waals surface area contributed by atoms with Crippen molar-refractivity contribution in [1.29, 1.82) is 5.26 Å². The van der Waals surface area contributed by atoms with Gasteiger partial charge in [-0.15, -0.1) is 0 Å². The number of fused-ring (bicyclic) bond motifs is 1. The topological polar surface area (TPSA) is 101 Å². The molecule has 8 heteroatoms. The van der Waals surface area contributed by atoms with Gasteiger partial charge in [0.25, 0.3) is 10.0 Å². The van der Waals surface area contributed by atoms with Gasteiger partial charge in [0, 0.05) is 36.6 Å². The standard InChI is InChI=1S/C20H15N5O2S/c1-25-12-20(23-13-25)28(26,27)24-19-8-9-22-11-18(19)17-7-6-14(10-21)15-4-2-3-5-16(15)17/h2-9,11-13H,1H3,(H,22,24). The molecule has 0 unspecified atom stereocenters. The predicted molar refractivity (Wildman–Crippen MR) is 106 cm³/mol. The van der Waals surface area contributed by atoms with E-state index in [9.17, 15) is 13.7 Å². The molecule has 0 fully saturated rings. The summed E-state index contributed by atoms with van der Waals surface area (Å²) in [7, 11) is -2.15. The molecule has 7 nitrogen and oxygen atoms in total. The van der Waals surface area contributed by atoms with Gasteiger partial charge < -0.3 is 4.57 Å². The molecule has 0 bridgehead atoms. The number of hydrogen-bond donors (Lipinski definition) is 1. The van der Waals surface area contributed by atoms with Crippen molar-refractivity contribution in [2.24, 2.45) is 7.05 Å². The van der Waals surface area contributed by atoms with Crippen molar-refractivity contribution >= 4 is 26.5 Å². The lowest BCUT2D eigenvalue weighted by Crippen LogP contribution is -2.14. The summed E-state index contributed by atoms with van der Waals surface area (Å²) in [6.45, 7) is 0. The number of aromatic nitrogens is 3. The van der Waals surface area contributed by atoms with Gasteiger partial charge in [0.15, 0.2) is 5.03 Å². The summed E-state index contributed by atoms with van der Waals surface area (Å²) in [6, 6.07) is 14.8. The Kier molecular flexibility index (Phi) is 4.29. The van der Waals surface area contributed by atoms with E-state index in [1.165, 1.54) is 18.7 Å². The molecule has 4 rings (SSSR count). The van der Waals surface area contributed by atoms with Crippen LogP contribution in [0.1, 0.15) is 5.56 Å². The normalized spacial score (nSPS) is 11.3. The fraction of sp³-hybridized carbons (Fsp3) is 0.0500. The van der Waals surface area contributed by atoms with Gasteiger partial charge in [-0.05, 0) is 23.1 Å². The summed E-state index contributed by atoms with van der Waals surface area (Å²) in [5.74, 6) is 0. The predicted octanol–water partition coefficient (Wildman–Crippen LogP) is 3.31. The molecule has 0 aliphatic rings. The molecule has 138 valence electrons. The zero-order valence-corrected chi connectivity index (χ0v) is 15.7. The minimum absolute atomic E-state index is 0.0672. The highest BCUT2D eigenvalue weighted by atomic mass is 32.2. The smallest absolute Gasteiger partial charge is 0.280 e. The number of benzene rings is 2. The molecule has 1 N–H and O–H groups in total. The lowest BCUT2D eigenvalue weighted by molar-refractivity contribution is 0.598. The van der Waals surface area contributed by atoms with E-state index in [4.69, 9.17) is 0 Å². The van der Waals surface area contributed by atoms with Crippen LogP contribution >= 0.6 is 0 Å². The number of aryl methyl sites for hydroxylation is 1. The van der Waals surface area contributed by atoms with E-state index in [0.717, 1.165) is 16.3 Å². The average Bonchev–Trinajstić information content (AvgIpc) is 3.15. The Morgan fingerprint density at radius 1 is 1.07 bits per heavy atom. The molecule has 0 aliphatic heterocycles. The van der Waals surface area contributed by atoms with Crippen molar-refractivity contribution < 1.29 is 8.42 Å². The fourth-order valence-electron chi connectivity index (χ4n) is 3.05. The maximum Gasteiger partial charge on any atom is 0.280 e. The number of nitriles is 1. The van der Waals surface area contributed by atoms with Gasteiger partial charge in [-0.25, -0.2) is 4.98 Å². The molecule has 2 aromatic carbocycles. The minimum atomic E-state index is -3.85. The maximum absolute atomic E-state index is 12.7. The van der Waals surface area contributed by atoms with Crippen LogP contribution in [0, 0.1) is 11.3 Å². The van der Waals surface area contributed by atoms with Crippen molar-refractivity contribution in [3.8, 4) is 17.2 Å². The van der Waals surface area contributed by atoms with Crippen molar-refractivity contribution in [3.63, 3.8) is 0 Å². The molecule has 0 spiro atoms. The quantitative estimate of drug-likeness (QED) is 0.577. The Morgan fingerprint density at radius 2 is 1.86 bits per heavy atom. The summed E-state index contributed by atoms with van der Waals surface area (Å²) in [5.41, 5.74) is 2.33.